The molecule has 0 aliphatic carbocycles. The number of hydrazone groups is 1. The van der Waals surface area contributed by atoms with E-state index in [1.807, 2.05) is 73.7 Å². The minimum absolute atomic E-state index is 0.0749. The Bertz CT molecular complexity index is 1760. The van der Waals surface area contributed by atoms with Gasteiger partial charge in [-0.3, -0.25) is 9.59 Å². The third-order valence-electron chi connectivity index (χ3n) is 7.61. The fourth-order valence-corrected chi connectivity index (χ4v) is 5.69. The number of benzene rings is 4. The lowest BCUT2D eigenvalue weighted by atomic mass is 9.71. The number of carbonyl (C=O) groups is 2. The van der Waals surface area contributed by atoms with Gasteiger partial charge in [0.2, 0.25) is 5.91 Å². The summed E-state index contributed by atoms with van der Waals surface area (Å²) < 4.78 is 0. The normalized spacial score (nSPS) is 17.9. The van der Waals surface area contributed by atoms with E-state index in [1.165, 1.54) is 11.2 Å². The predicted molar refractivity (Wildman–Crippen MR) is 159 cm³/mol. The largest absolute Gasteiger partial charge is 0.307 e. The second-order valence-electron chi connectivity index (χ2n) is 10.2. The van der Waals surface area contributed by atoms with Gasteiger partial charge >= 0.3 is 0 Å². The zero-order valence-corrected chi connectivity index (χ0v) is 23.0. The summed E-state index contributed by atoms with van der Waals surface area (Å²) in [7, 11) is 0. The van der Waals surface area contributed by atoms with Gasteiger partial charge in [-0.2, -0.15) is 10.4 Å². The van der Waals surface area contributed by atoms with Crippen molar-refractivity contribution >= 4 is 34.8 Å². The van der Waals surface area contributed by atoms with Gasteiger partial charge in [-0.05, 0) is 53.9 Å². The van der Waals surface area contributed by atoms with E-state index >= 15 is 0 Å². The molecule has 4 aromatic rings. The molecule has 0 fully saturated rings. The molecule has 2 aliphatic heterocycles. The lowest BCUT2D eigenvalue weighted by Gasteiger charge is -2.28. The minimum atomic E-state index is -1.43. The van der Waals surface area contributed by atoms with E-state index in [-0.39, 0.29) is 17.9 Å². The van der Waals surface area contributed by atoms with Crippen molar-refractivity contribution in [2.45, 2.75) is 25.3 Å². The fourth-order valence-electron chi connectivity index (χ4n) is 5.51. The molecule has 2 aliphatic rings. The van der Waals surface area contributed by atoms with Gasteiger partial charge < -0.3 is 4.90 Å². The van der Waals surface area contributed by atoms with Crippen LogP contribution >= 0.6 is 11.6 Å². The Morgan fingerprint density at radius 1 is 0.976 bits per heavy atom. The molecule has 0 radical (unpaired) electrons. The van der Waals surface area contributed by atoms with Crippen LogP contribution in [0, 0.1) is 18.3 Å². The second kappa shape index (κ2) is 10.5. The van der Waals surface area contributed by atoms with Crippen molar-refractivity contribution < 1.29 is 9.59 Å². The summed E-state index contributed by atoms with van der Waals surface area (Å²) in [5, 5.41) is 17.0. The number of carbonyl (C=O) groups excluding carboxylic acids is 2. The number of halogens is 1. The second-order valence-corrected chi connectivity index (χ2v) is 10.6. The van der Waals surface area contributed by atoms with E-state index < -0.39 is 11.3 Å². The van der Waals surface area contributed by atoms with Crippen molar-refractivity contribution in [3.63, 3.8) is 0 Å². The average molecular weight is 557 g/mol. The molecular weight excluding hydrogens is 532 g/mol. The van der Waals surface area contributed by atoms with Gasteiger partial charge in [-0.25, -0.2) is 5.01 Å². The highest BCUT2D eigenvalue weighted by atomic mass is 35.5. The number of hydrogen-bond donors (Lipinski definition) is 0. The maximum atomic E-state index is 14.7. The molecular formula is C34H25ClN4O2. The molecule has 7 heteroatoms. The Labute approximate surface area is 243 Å². The Kier molecular flexibility index (Phi) is 6.74. The number of hydrogen-bond acceptors (Lipinski definition) is 4. The van der Waals surface area contributed by atoms with E-state index in [0.29, 0.717) is 34.1 Å². The van der Waals surface area contributed by atoms with Crippen LogP contribution in [0.2, 0.25) is 5.02 Å². The van der Waals surface area contributed by atoms with Crippen LogP contribution in [-0.4, -0.2) is 22.5 Å². The molecule has 0 bridgehead atoms. The smallest absolute Gasteiger partial charge is 0.278 e. The third kappa shape index (κ3) is 4.61. The first-order valence-electron chi connectivity index (χ1n) is 13.2. The van der Waals surface area contributed by atoms with Gasteiger partial charge in [0.15, 0.2) is 0 Å². The summed E-state index contributed by atoms with van der Waals surface area (Å²) in [6, 6.07) is 33.8. The number of aryl methyl sites for hydroxylation is 1. The third-order valence-corrected chi connectivity index (χ3v) is 7.84. The highest BCUT2D eigenvalue weighted by Crippen LogP contribution is 2.51. The summed E-state index contributed by atoms with van der Waals surface area (Å²) in [4.78, 5) is 30.1. The Balaban J connectivity index is 1.57. The molecule has 41 heavy (non-hydrogen) atoms. The molecule has 0 saturated heterocycles. The minimum Gasteiger partial charge on any atom is -0.307 e. The van der Waals surface area contributed by atoms with Crippen molar-refractivity contribution in [1.82, 2.24) is 5.01 Å². The monoisotopic (exact) mass is 556 g/mol. The average Bonchev–Trinajstić information content (AvgIpc) is 3.11. The van der Waals surface area contributed by atoms with Crippen LogP contribution in [-0.2, 0) is 16.8 Å². The van der Waals surface area contributed by atoms with E-state index in [1.54, 1.807) is 41.3 Å². The fraction of sp³-hybridized carbons (Fsp3) is 0.118. The highest BCUT2D eigenvalue weighted by Gasteiger charge is 2.55. The first kappa shape index (κ1) is 26.2. The summed E-state index contributed by atoms with van der Waals surface area (Å²) in [5.41, 5.74) is 3.68. The summed E-state index contributed by atoms with van der Waals surface area (Å²) in [6.45, 7) is 2.30. The quantitative estimate of drug-likeness (QED) is 0.278. The molecule has 0 N–H and O–H groups in total. The Morgan fingerprint density at radius 3 is 2.34 bits per heavy atom. The van der Waals surface area contributed by atoms with Crippen LogP contribution in [0.1, 0.15) is 39.0 Å². The van der Waals surface area contributed by atoms with E-state index in [9.17, 15) is 14.9 Å². The molecule has 1 atom stereocenters. The SMILES string of the molecule is Cc1ccc(C2=NN(C(=O)c3ccccc3)C=C(C#N)C3(C2)C(=O)N(Cc2ccccc2)c2ccc(Cl)cc23)cc1. The molecule has 6 nitrogen and oxygen atoms in total. The zero-order valence-electron chi connectivity index (χ0n) is 22.3. The van der Waals surface area contributed by atoms with Gasteiger partial charge in [0.25, 0.3) is 5.91 Å². The zero-order chi connectivity index (χ0) is 28.6. The Hall–Kier alpha value is -4.99. The molecule has 4 aromatic carbocycles. The lowest BCUT2D eigenvalue weighted by Crippen LogP contribution is -2.42. The van der Waals surface area contributed by atoms with Crippen molar-refractivity contribution in [1.29, 1.82) is 5.26 Å². The van der Waals surface area contributed by atoms with Crippen LogP contribution < -0.4 is 4.90 Å². The Morgan fingerprint density at radius 2 is 1.66 bits per heavy atom. The van der Waals surface area contributed by atoms with E-state index in [2.05, 4.69) is 6.07 Å². The number of fused-ring (bicyclic) bond motifs is 2. The summed E-state index contributed by atoms with van der Waals surface area (Å²) >= 11 is 6.52. The molecule has 1 spiro atoms. The van der Waals surface area contributed by atoms with Crippen molar-refractivity contribution in [2.24, 2.45) is 5.10 Å². The number of anilines is 1. The highest BCUT2D eigenvalue weighted by molar-refractivity contribution is 6.31. The van der Waals surface area contributed by atoms with Crippen molar-refractivity contribution in [3.8, 4) is 6.07 Å². The van der Waals surface area contributed by atoms with Crippen LogP contribution in [0.15, 0.2) is 120 Å². The molecule has 2 heterocycles. The van der Waals surface area contributed by atoms with Crippen molar-refractivity contribution in [2.75, 3.05) is 4.90 Å². The van der Waals surface area contributed by atoms with E-state index in [0.717, 1.165) is 16.7 Å². The first-order valence-corrected chi connectivity index (χ1v) is 13.6. The molecule has 200 valence electrons. The number of rotatable bonds is 4. The first-order chi connectivity index (χ1) is 19.9. The van der Waals surface area contributed by atoms with Gasteiger partial charge in [-0.15, -0.1) is 0 Å². The van der Waals surface area contributed by atoms with Crippen LogP contribution in [0.5, 0.6) is 0 Å². The van der Waals surface area contributed by atoms with Crippen molar-refractivity contribution in [3.05, 3.63) is 148 Å². The van der Waals surface area contributed by atoms with Gasteiger partial charge in [0.1, 0.15) is 5.41 Å². The van der Waals surface area contributed by atoms with Crippen LogP contribution in [0.25, 0.3) is 0 Å². The molecule has 6 rings (SSSR count). The number of nitriles is 1. The van der Waals surface area contributed by atoms with Crippen LogP contribution in [0.4, 0.5) is 5.69 Å². The molecule has 1 unspecified atom stereocenters. The van der Waals surface area contributed by atoms with Gasteiger partial charge in [-0.1, -0.05) is 90.0 Å². The molecule has 0 saturated carbocycles. The lowest BCUT2D eigenvalue weighted by molar-refractivity contribution is -0.121. The maximum Gasteiger partial charge on any atom is 0.278 e. The molecule has 0 aromatic heterocycles. The summed E-state index contributed by atoms with van der Waals surface area (Å²) in [5.74, 6) is -0.668. The van der Waals surface area contributed by atoms with Gasteiger partial charge in [0, 0.05) is 28.9 Å². The number of nitrogens with zero attached hydrogens (tertiary/aromatic N) is 4. The van der Waals surface area contributed by atoms with Gasteiger partial charge in [0.05, 0.1) is 23.9 Å². The topological polar surface area (TPSA) is 76.8 Å². The molecule has 2 amide bonds. The summed E-state index contributed by atoms with van der Waals surface area (Å²) in [6.07, 6.45) is 1.48. The number of amides is 2. The van der Waals surface area contributed by atoms with Crippen LogP contribution in [0.3, 0.4) is 0 Å². The predicted octanol–water partition coefficient (Wildman–Crippen LogP) is 6.79. The standard InChI is InChI=1S/C34H25ClN4O2/c1-23-12-14-25(15-13-23)30-19-34(27(20-36)22-39(37-30)32(40)26-10-6-3-7-11-26)29-18-28(35)16-17-31(29)38(33(34)41)21-24-8-4-2-5-9-24/h2-18,22H,19,21H2,1H3. The maximum absolute atomic E-state index is 14.7. The van der Waals surface area contributed by atoms with E-state index in [4.69, 9.17) is 16.7 Å².